The lowest BCUT2D eigenvalue weighted by atomic mass is 10.1. The van der Waals surface area contributed by atoms with Crippen LogP contribution in [-0.2, 0) is 3.79 Å². The number of nitrogens with zero attached hydrogens (tertiary/aromatic N) is 1. The molecular formula is C9H10Cl3N. The number of rotatable bonds is 1. The SMILES string of the molecule is CC(C)c1ccc(C(Cl)(Cl)Cl)nc1. The fraction of sp³-hybridized carbons (Fsp3) is 0.444. The van der Waals surface area contributed by atoms with Crippen molar-refractivity contribution < 1.29 is 0 Å². The molecule has 0 spiro atoms. The lowest BCUT2D eigenvalue weighted by molar-refractivity contribution is 0.852. The van der Waals surface area contributed by atoms with Crippen LogP contribution in [0.4, 0.5) is 0 Å². The summed E-state index contributed by atoms with van der Waals surface area (Å²) in [7, 11) is 0. The van der Waals surface area contributed by atoms with Crippen LogP contribution in [0, 0.1) is 0 Å². The molecule has 72 valence electrons. The van der Waals surface area contributed by atoms with Crippen molar-refractivity contribution in [2.75, 3.05) is 0 Å². The van der Waals surface area contributed by atoms with Crippen LogP contribution in [0.5, 0.6) is 0 Å². The molecule has 0 aliphatic rings. The van der Waals surface area contributed by atoms with Gasteiger partial charge in [0.05, 0.1) is 5.69 Å². The molecular weight excluding hydrogens is 228 g/mol. The van der Waals surface area contributed by atoms with E-state index in [1.165, 1.54) is 0 Å². The van der Waals surface area contributed by atoms with Crippen molar-refractivity contribution in [2.45, 2.75) is 23.6 Å². The topological polar surface area (TPSA) is 12.9 Å². The lowest BCUT2D eigenvalue weighted by Gasteiger charge is -2.11. The van der Waals surface area contributed by atoms with Gasteiger partial charge in [-0.25, -0.2) is 0 Å². The van der Waals surface area contributed by atoms with Gasteiger partial charge in [-0.15, -0.1) is 0 Å². The Balaban J connectivity index is 2.94. The summed E-state index contributed by atoms with van der Waals surface area (Å²) in [6.45, 7) is 4.18. The molecule has 0 unspecified atom stereocenters. The zero-order valence-electron chi connectivity index (χ0n) is 7.39. The molecule has 0 aromatic carbocycles. The molecule has 0 bridgehead atoms. The van der Waals surface area contributed by atoms with Gasteiger partial charge in [-0.05, 0) is 17.5 Å². The minimum Gasteiger partial charge on any atom is -0.256 e. The van der Waals surface area contributed by atoms with Crippen LogP contribution in [0.25, 0.3) is 0 Å². The summed E-state index contributed by atoms with van der Waals surface area (Å²) in [6, 6.07) is 3.66. The van der Waals surface area contributed by atoms with Gasteiger partial charge in [-0.2, -0.15) is 0 Å². The molecule has 0 fully saturated rings. The molecule has 1 nitrogen and oxygen atoms in total. The number of pyridine rings is 1. The second kappa shape index (κ2) is 4.04. The van der Waals surface area contributed by atoms with Gasteiger partial charge in [-0.3, -0.25) is 4.98 Å². The summed E-state index contributed by atoms with van der Waals surface area (Å²) in [5, 5.41) is 0. The van der Waals surface area contributed by atoms with E-state index >= 15 is 0 Å². The molecule has 0 amide bonds. The molecule has 0 atom stereocenters. The molecule has 1 heterocycles. The maximum absolute atomic E-state index is 5.66. The molecule has 4 heteroatoms. The Labute approximate surface area is 93.0 Å². The highest BCUT2D eigenvalue weighted by Gasteiger charge is 2.24. The van der Waals surface area contributed by atoms with Crippen molar-refractivity contribution in [2.24, 2.45) is 0 Å². The Bertz CT molecular complexity index is 274. The Hall–Kier alpha value is 0.0200. The number of aromatic nitrogens is 1. The highest BCUT2D eigenvalue weighted by Crippen LogP contribution is 2.36. The highest BCUT2D eigenvalue weighted by molar-refractivity contribution is 6.66. The predicted molar refractivity (Wildman–Crippen MR) is 57.6 cm³/mol. The summed E-state index contributed by atoms with van der Waals surface area (Å²) in [5.41, 5.74) is 1.60. The summed E-state index contributed by atoms with van der Waals surface area (Å²) < 4.78 is -1.42. The van der Waals surface area contributed by atoms with Gasteiger partial charge in [0.1, 0.15) is 0 Å². The third kappa shape index (κ3) is 3.01. The highest BCUT2D eigenvalue weighted by atomic mass is 35.6. The monoisotopic (exact) mass is 237 g/mol. The Morgan fingerprint density at radius 2 is 1.85 bits per heavy atom. The Kier molecular flexibility index (Phi) is 3.44. The van der Waals surface area contributed by atoms with E-state index in [9.17, 15) is 0 Å². The molecule has 0 radical (unpaired) electrons. The maximum Gasteiger partial charge on any atom is 0.232 e. The van der Waals surface area contributed by atoms with Crippen molar-refractivity contribution in [3.63, 3.8) is 0 Å². The van der Waals surface area contributed by atoms with Crippen molar-refractivity contribution in [3.8, 4) is 0 Å². The first-order valence-electron chi connectivity index (χ1n) is 3.94. The van der Waals surface area contributed by atoms with Gasteiger partial charge in [-0.1, -0.05) is 54.7 Å². The van der Waals surface area contributed by atoms with Gasteiger partial charge in [0, 0.05) is 6.20 Å². The minimum atomic E-state index is -1.42. The van der Waals surface area contributed by atoms with Crippen LogP contribution in [-0.4, -0.2) is 4.98 Å². The van der Waals surface area contributed by atoms with E-state index in [-0.39, 0.29) is 0 Å². The molecule has 0 aliphatic heterocycles. The lowest BCUT2D eigenvalue weighted by Crippen LogP contribution is -2.03. The quantitative estimate of drug-likeness (QED) is 0.673. The Morgan fingerprint density at radius 3 is 2.15 bits per heavy atom. The van der Waals surface area contributed by atoms with Gasteiger partial charge in [0.2, 0.25) is 3.79 Å². The van der Waals surface area contributed by atoms with E-state index in [2.05, 4.69) is 18.8 Å². The first-order valence-corrected chi connectivity index (χ1v) is 5.08. The second-order valence-corrected chi connectivity index (χ2v) is 5.41. The van der Waals surface area contributed by atoms with Gasteiger partial charge < -0.3 is 0 Å². The molecule has 1 rings (SSSR count). The summed E-state index contributed by atoms with van der Waals surface area (Å²) in [4.78, 5) is 4.08. The maximum atomic E-state index is 5.66. The summed E-state index contributed by atoms with van der Waals surface area (Å²) in [6.07, 6.45) is 1.74. The van der Waals surface area contributed by atoms with E-state index in [1.54, 1.807) is 12.3 Å². The van der Waals surface area contributed by atoms with E-state index in [1.807, 2.05) is 6.07 Å². The van der Waals surface area contributed by atoms with E-state index in [0.717, 1.165) is 5.56 Å². The van der Waals surface area contributed by atoms with Crippen molar-refractivity contribution in [3.05, 3.63) is 29.6 Å². The largest absolute Gasteiger partial charge is 0.256 e. The molecule has 13 heavy (non-hydrogen) atoms. The third-order valence-corrected chi connectivity index (χ3v) is 2.32. The smallest absolute Gasteiger partial charge is 0.232 e. The third-order valence-electron chi connectivity index (χ3n) is 1.74. The molecule has 0 saturated carbocycles. The standard InChI is InChI=1S/C9H10Cl3N/c1-6(2)7-3-4-8(13-5-7)9(10,11)12/h3-6H,1-2H3. The van der Waals surface area contributed by atoms with E-state index < -0.39 is 3.79 Å². The van der Waals surface area contributed by atoms with E-state index in [0.29, 0.717) is 11.6 Å². The van der Waals surface area contributed by atoms with Crippen LogP contribution >= 0.6 is 34.8 Å². The predicted octanol–water partition coefficient (Wildman–Crippen LogP) is 4.03. The molecule has 0 saturated heterocycles. The van der Waals surface area contributed by atoms with Crippen molar-refractivity contribution >= 4 is 34.8 Å². The zero-order chi connectivity index (χ0) is 10.1. The molecule has 0 aliphatic carbocycles. The van der Waals surface area contributed by atoms with Crippen LogP contribution in [0.3, 0.4) is 0 Å². The average molecular weight is 239 g/mol. The fourth-order valence-corrected chi connectivity index (χ4v) is 1.25. The first-order chi connectivity index (χ1) is 5.91. The molecule has 1 aromatic rings. The van der Waals surface area contributed by atoms with Gasteiger partial charge in [0.25, 0.3) is 0 Å². The fourth-order valence-electron chi connectivity index (χ4n) is 0.915. The number of halogens is 3. The number of alkyl halides is 3. The average Bonchev–Trinajstić information content (AvgIpc) is 2.03. The van der Waals surface area contributed by atoms with Crippen LogP contribution in [0.15, 0.2) is 18.3 Å². The summed E-state index contributed by atoms with van der Waals surface area (Å²) >= 11 is 17.0. The minimum absolute atomic E-state index is 0.442. The zero-order valence-corrected chi connectivity index (χ0v) is 9.66. The van der Waals surface area contributed by atoms with Gasteiger partial charge >= 0.3 is 0 Å². The number of hydrogen-bond donors (Lipinski definition) is 0. The van der Waals surface area contributed by atoms with Crippen LogP contribution < -0.4 is 0 Å². The van der Waals surface area contributed by atoms with Crippen LogP contribution in [0.2, 0.25) is 0 Å². The van der Waals surface area contributed by atoms with Crippen LogP contribution in [0.1, 0.15) is 31.0 Å². The second-order valence-electron chi connectivity index (χ2n) is 3.13. The Morgan fingerprint density at radius 1 is 1.23 bits per heavy atom. The van der Waals surface area contributed by atoms with Gasteiger partial charge in [0.15, 0.2) is 0 Å². The van der Waals surface area contributed by atoms with Crippen molar-refractivity contribution in [1.29, 1.82) is 0 Å². The number of hydrogen-bond acceptors (Lipinski definition) is 1. The first kappa shape index (κ1) is 11.1. The molecule has 0 N–H and O–H groups in total. The summed E-state index contributed by atoms with van der Waals surface area (Å²) in [5.74, 6) is 0.442. The normalized spacial score (nSPS) is 12.2. The van der Waals surface area contributed by atoms with Crippen molar-refractivity contribution in [1.82, 2.24) is 4.98 Å². The van der Waals surface area contributed by atoms with E-state index in [4.69, 9.17) is 34.8 Å². The molecule has 1 aromatic heterocycles.